The number of halogens is 3. The number of aliphatic hydroxyl groups is 2. The van der Waals surface area contributed by atoms with Crippen LogP contribution in [-0.4, -0.2) is 46.3 Å². The van der Waals surface area contributed by atoms with Gasteiger partial charge in [-0.05, 0) is 69.1 Å². The minimum Gasteiger partial charge on any atom is -0.391 e. The highest BCUT2D eigenvalue weighted by molar-refractivity contribution is 6.21. The fourth-order valence-corrected chi connectivity index (χ4v) is 5.74. The molecule has 0 amide bonds. The van der Waals surface area contributed by atoms with Gasteiger partial charge in [0.1, 0.15) is 18.6 Å². The number of alkyl halides is 3. The van der Waals surface area contributed by atoms with E-state index < -0.39 is 30.1 Å². The maximum absolute atomic E-state index is 14.0. The highest BCUT2D eigenvalue weighted by atomic mass is 35.5. The molecule has 3 rings (SSSR count). The molecule has 3 nitrogen and oxygen atoms in total. The van der Waals surface area contributed by atoms with E-state index in [0.717, 1.165) is 31.3 Å². The highest BCUT2D eigenvalue weighted by Gasteiger charge is 2.36. The summed E-state index contributed by atoms with van der Waals surface area (Å²) in [6.45, 7) is 4.12. The van der Waals surface area contributed by atoms with Crippen LogP contribution in [0, 0.1) is 17.8 Å². The molecule has 0 spiro atoms. The predicted molar refractivity (Wildman–Crippen MR) is 123 cm³/mol. The molecule has 0 aromatic heterocycles. The Morgan fingerprint density at radius 2 is 1.77 bits per heavy atom. The van der Waals surface area contributed by atoms with E-state index >= 15 is 0 Å². The first-order valence-corrected chi connectivity index (χ1v) is 12.6. The van der Waals surface area contributed by atoms with Crippen LogP contribution in [0.25, 0.3) is 0 Å². The lowest BCUT2D eigenvalue weighted by Gasteiger charge is -2.39. The van der Waals surface area contributed by atoms with Gasteiger partial charge in [-0.25, -0.2) is 8.78 Å². The van der Waals surface area contributed by atoms with E-state index in [9.17, 15) is 19.0 Å². The topological polar surface area (TPSA) is 52.5 Å². The lowest BCUT2D eigenvalue weighted by atomic mass is 9.72. The fourth-order valence-electron chi connectivity index (χ4n) is 5.56. The van der Waals surface area contributed by atoms with Crippen molar-refractivity contribution in [3.8, 4) is 0 Å². The summed E-state index contributed by atoms with van der Waals surface area (Å²) in [5.41, 5.74) is 2.31. The molecule has 0 aromatic carbocycles. The maximum atomic E-state index is 14.0. The van der Waals surface area contributed by atoms with E-state index in [4.69, 9.17) is 11.6 Å². The Hall–Kier alpha value is -0.490. The van der Waals surface area contributed by atoms with Crippen molar-refractivity contribution in [1.29, 1.82) is 0 Å². The second-order valence-electron chi connectivity index (χ2n) is 10.2. The minimum absolute atomic E-state index is 0.173. The summed E-state index contributed by atoms with van der Waals surface area (Å²) >= 11 is 6.01. The van der Waals surface area contributed by atoms with Gasteiger partial charge in [0.05, 0.1) is 11.5 Å². The number of hydrogen-bond donors (Lipinski definition) is 3. The molecule has 0 saturated heterocycles. The van der Waals surface area contributed by atoms with Crippen LogP contribution in [0.2, 0.25) is 0 Å². The quantitative estimate of drug-likeness (QED) is 0.252. The molecule has 0 bridgehead atoms. The molecule has 6 heteroatoms. The lowest BCUT2D eigenvalue weighted by molar-refractivity contribution is 0.00251. The highest BCUT2D eigenvalue weighted by Crippen LogP contribution is 2.40. The molecule has 5 unspecified atom stereocenters. The first-order chi connectivity index (χ1) is 14.7. The summed E-state index contributed by atoms with van der Waals surface area (Å²) in [5, 5.41) is 24.6. The number of rotatable bonds is 8. The van der Waals surface area contributed by atoms with E-state index in [1.807, 2.05) is 6.08 Å². The molecule has 1 saturated carbocycles. The second-order valence-corrected chi connectivity index (χ2v) is 10.8. The van der Waals surface area contributed by atoms with Gasteiger partial charge >= 0.3 is 0 Å². The van der Waals surface area contributed by atoms with Crippen LogP contribution in [0.15, 0.2) is 23.3 Å². The number of allylic oxidation sites excluding steroid dienone is 3. The third-order valence-corrected chi connectivity index (χ3v) is 8.03. The van der Waals surface area contributed by atoms with Gasteiger partial charge in [0.25, 0.3) is 0 Å². The molecule has 0 aliphatic heterocycles. The van der Waals surface area contributed by atoms with Crippen LogP contribution in [0.4, 0.5) is 8.78 Å². The van der Waals surface area contributed by atoms with Gasteiger partial charge in [-0.15, -0.1) is 11.6 Å². The Morgan fingerprint density at radius 3 is 2.35 bits per heavy atom. The van der Waals surface area contributed by atoms with Gasteiger partial charge in [0.2, 0.25) is 0 Å². The van der Waals surface area contributed by atoms with E-state index in [0.29, 0.717) is 44.4 Å². The Bertz CT molecular complexity index is 633. The zero-order chi connectivity index (χ0) is 22.5. The van der Waals surface area contributed by atoms with Crippen molar-refractivity contribution in [2.45, 2.75) is 114 Å². The van der Waals surface area contributed by atoms with E-state index in [2.05, 4.69) is 25.2 Å². The van der Waals surface area contributed by atoms with Crippen LogP contribution >= 0.6 is 11.6 Å². The van der Waals surface area contributed by atoms with Crippen LogP contribution in [0.1, 0.15) is 78.1 Å². The van der Waals surface area contributed by atoms with Crippen molar-refractivity contribution in [3.63, 3.8) is 0 Å². The van der Waals surface area contributed by atoms with Crippen LogP contribution in [-0.2, 0) is 0 Å². The summed E-state index contributed by atoms with van der Waals surface area (Å²) < 4.78 is 27.3. The van der Waals surface area contributed by atoms with Gasteiger partial charge in [-0.2, -0.15) is 0 Å². The summed E-state index contributed by atoms with van der Waals surface area (Å²) in [5.74, 6) is 0.752. The molecule has 0 aromatic rings. The van der Waals surface area contributed by atoms with E-state index in [1.165, 1.54) is 5.57 Å². The zero-order valence-corrected chi connectivity index (χ0v) is 19.7. The molecular weight excluding hydrogens is 420 g/mol. The lowest BCUT2D eigenvalue weighted by Crippen LogP contribution is -2.51. The molecular formula is C25H40ClF2NO2. The van der Waals surface area contributed by atoms with Gasteiger partial charge in [-0.1, -0.05) is 37.1 Å². The van der Waals surface area contributed by atoms with Crippen LogP contribution in [0.3, 0.4) is 0 Å². The summed E-state index contributed by atoms with van der Waals surface area (Å²) in [6, 6.07) is -0.198. The monoisotopic (exact) mass is 459 g/mol. The van der Waals surface area contributed by atoms with E-state index in [1.54, 1.807) is 0 Å². The van der Waals surface area contributed by atoms with Crippen molar-refractivity contribution in [1.82, 2.24) is 5.32 Å². The fraction of sp³-hybridized carbons (Fsp3) is 0.840. The predicted octanol–water partition coefficient (Wildman–Crippen LogP) is 5.59. The SMILES string of the molecule is CC(C)[C@@H](NC(O)CC1=CCC(F)CC1)C(O)C1CCC(C2=CCC(Cl)C(F)C2)CC1. The number of nitrogens with one attached hydrogen (secondary N) is 1. The third-order valence-electron chi connectivity index (χ3n) is 7.58. The average Bonchev–Trinajstić information content (AvgIpc) is 2.75. The van der Waals surface area contributed by atoms with Gasteiger partial charge in [0, 0.05) is 18.9 Å². The van der Waals surface area contributed by atoms with Crippen molar-refractivity contribution in [3.05, 3.63) is 23.3 Å². The van der Waals surface area contributed by atoms with Crippen molar-refractivity contribution < 1.29 is 19.0 Å². The first kappa shape index (κ1) is 25.1. The Morgan fingerprint density at radius 1 is 1.06 bits per heavy atom. The summed E-state index contributed by atoms with van der Waals surface area (Å²) in [6.07, 6.45) is 8.04. The number of hydrogen-bond acceptors (Lipinski definition) is 3. The van der Waals surface area contributed by atoms with Crippen LogP contribution < -0.4 is 5.32 Å². The first-order valence-electron chi connectivity index (χ1n) is 12.2. The standard InChI is InChI=1S/C25H40ClF2NO2/c1-15(2)24(29-23(30)13-16-3-10-20(27)11-4-16)25(31)18-7-5-17(6-8-18)19-9-12-21(26)22(28)14-19/h3,9,15,17-18,20-25,29-31H,4-8,10-14H2,1-2H3/t17?,18?,20?,21?,22?,23?,24-,25?/m1/s1. The van der Waals surface area contributed by atoms with Crippen LogP contribution in [0.5, 0.6) is 0 Å². The molecule has 3 N–H and O–H groups in total. The molecule has 3 aliphatic carbocycles. The largest absolute Gasteiger partial charge is 0.391 e. The minimum atomic E-state index is -0.948. The molecule has 178 valence electrons. The van der Waals surface area contributed by atoms with Gasteiger partial charge in [-0.3, -0.25) is 5.32 Å². The Balaban J connectivity index is 1.50. The number of aliphatic hydroxyl groups excluding tert-OH is 2. The molecule has 1 fully saturated rings. The smallest absolute Gasteiger partial charge is 0.120 e. The van der Waals surface area contributed by atoms with Crippen molar-refractivity contribution >= 4 is 11.6 Å². The van der Waals surface area contributed by atoms with Gasteiger partial charge < -0.3 is 10.2 Å². The molecule has 0 heterocycles. The third kappa shape index (κ3) is 6.99. The Kier molecular flexibility index (Phi) is 9.39. The second kappa shape index (κ2) is 11.6. The molecule has 6 atom stereocenters. The maximum Gasteiger partial charge on any atom is 0.120 e. The Labute approximate surface area is 191 Å². The van der Waals surface area contributed by atoms with E-state index in [-0.39, 0.29) is 17.9 Å². The molecule has 0 radical (unpaired) electrons. The summed E-state index contributed by atoms with van der Waals surface area (Å²) in [7, 11) is 0. The van der Waals surface area contributed by atoms with Gasteiger partial charge in [0.15, 0.2) is 0 Å². The average molecular weight is 460 g/mol. The zero-order valence-electron chi connectivity index (χ0n) is 19.0. The molecule has 31 heavy (non-hydrogen) atoms. The molecule has 3 aliphatic rings. The summed E-state index contributed by atoms with van der Waals surface area (Å²) in [4.78, 5) is 0. The normalized spacial score (nSPS) is 35.3. The van der Waals surface area contributed by atoms with Crippen molar-refractivity contribution in [2.24, 2.45) is 17.8 Å². The van der Waals surface area contributed by atoms with Crippen molar-refractivity contribution in [2.75, 3.05) is 0 Å².